The van der Waals surface area contributed by atoms with Gasteiger partial charge in [-0.15, -0.1) is 0 Å². The van der Waals surface area contributed by atoms with Gasteiger partial charge in [0.25, 0.3) is 0 Å². The largest absolute Gasteiger partial charge is 0.381 e. The second-order valence-corrected chi connectivity index (χ2v) is 6.06. The zero-order valence-electron chi connectivity index (χ0n) is 10.4. The normalized spacial score (nSPS) is 15.0. The van der Waals surface area contributed by atoms with E-state index in [1.165, 1.54) is 18.4 Å². The molecule has 0 radical (unpaired) electrons. The molecule has 1 N–H and O–H groups in total. The minimum Gasteiger partial charge on any atom is -0.381 e. The molecule has 0 saturated heterocycles. The lowest BCUT2D eigenvalue weighted by atomic mass is 10.2. The van der Waals surface area contributed by atoms with E-state index < -0.39 is 0 Å². The van der Waals surface area contributed by atoms with Crippen molar-refractivity contribution in [2.75, 3.05) is 19.8 Å². The second kappa shape index (κ2) is 7.49. The molecule has 18 heavy (non-hydrogen) atoms. The first-order valence-electron chi connectivity index (χ1n) is 6.48. The van der Waals surface area contributed by atoms with Crippen molar-refractivity contribution in [1.29, 1.82) is 0 Å². The lowest BCUT2D eigenvalue weighted by molar-refractivity contribution is 0.122. The number of hydrogen-bond acceptors (Lipinski definition) is 2. The second-order valence-electron chi connectivity index (χ2n) is 4.80. The van der Waals surface area contributed by atoms with Crippen LogP contribution in [0.3, 0.4) is 0 Å². The fourth-order valence-electron chi connectivity index (χ4n) is 1.72. The summed E-state index contributed by atoms with van der Waals surface area (Å²) in [5.74, 6) is 0.865. The number of halogens is 2. The summed E-state index contributed by atoms with van der Waals surface area (Å²) in [5, 5.41) is 4.16. The van der Waals surface area contributed by atoms with Gasteiger partial charge in [-0.2, -0.15) is 0 Å². The van der Waals surface area contributed by atoms with Gasteiger partial charge >= 0.3 is 0 Å². The standard InChI is InChI=1S/C14H19BrClNO/c15-13-8-12(4-5-14(13)16)9-17-6-1-7-18-10-11-2-3-11/h4-5,8,11,17H,1-3,6-7,9-10H2. The van der Waals surface area contributed by atoms with Crippen LogP contribution < -0.4 is 5.32 Å². The summed E-state index contributed by atoms with van der Waals surface area (Å²) in [4.78, 5) is 0. The Hall–Kier alpha value is -0.0900. The fourth-order valence-corrected chi connectivity index (χ4v) is 2.26. The number of rotatable bonds is 8. The Balaban J connectivity index is 1.52. The van der Waals surface area contributed by atoms with Crippen LogP contribution in [0.15, 0.2) is 22.7 Å². The highest BCUT2D eigenvalue weighted by molar-refractivity contribution is 9.10. The van der Waals surface area contributed by atoms with Crippen LogP contribution in [-0.2, 0) is 11.3 Å². The highest BCUT2D eigenvalue weighted by atomic mass is 79.9. The first-order chi connectivity index (χ1) is 8.75. The third-order valence-corrected chi connectivity index (χ3v) is 4.22. The third kappa shape index (κ3) is 5.27. The fraction of sp³-hybridized carbons (Fsp3) is 0.571. The van der Waals surface area contributed by atoms with Crippen LogP contribution in [0.1, 0.15) is 24.8 Å². The Morgan fingerprint density at radius 3 is 2.94 bits per heavy atom. The van der Waals surface area contributed by atoms with E-state index in [2.05, 4.69) is 27.3 Å². The van der Waals surface area contributed by atoms with Crippen LogP contribution in [0, 0.1) is 5.92 Å². The molecule has 0 aromatic heterocycles. The summed E-state index contributed by atoms with van der Waals surface area (Å²) in [6, 6.07) is 6.02. The minimum atomic E-state index is 0.757. The number of nitrogens with one attached hydrogen (secondary N) is 1. The van der Waals surface area contributed by atoms with Crippen molar-refractivity contribution >= 4 is 27.5 Å². The molecule has 0 aliphatic heterocycles. The maximum absolute atomic E-state index is 5.95. The molecule has 0 bridgehead atoms. The summed E-state index contributed by atoms with van der Waals surface area (Å²) >= 11 is 9.37. The number of ether oxygens (including phenoxy) is 1. The van der Waals surface area contributed by atoms with Crippen molar-refractivity contribution in [1.82, 2.24) is 5.32 Å². The van der Waals surface area contributed by atoms with Crippen molar-refractivity contribution in [2.24, 2.45) is 5.92 Å². The Morgan fingerprint density at radius 2 is 2.22 bits per heavy atom. The van der Waals surface area contributed by atoms with Crippen molar-refractivity contribution in [3.8, 4) is 0 Å². The van der Waals surface area contributed by atoms with Gasteiger partial charge in [-0.25, -0.2) is 0 Å². The summed E-state index contributed by atoms with van der Waals surface area (Å²) in [5.41, 5.74) is 1.24. The first-order valence-corrected chi connectivity index (χ1v) is 7.65. The predicted octanol–water partition coefficient (Wildman–Crippen LogP) is 4.01. The summed E-state index contributed by atoms with van der Waals surface area (Å²) in [6.45, 7) is 3.70. The van der Waals surface area contributed by atoms with E-state index in [-0.39, 0.29) is 0 Å². The molecular weight excluding hydrogens is 314 g/mol. The maximum Gasteiger partial charge on any atom is 0.0548 e. The summed E-state index contributed by atoms with van der Waals surface area (Å²) < 4.78 is 6.53. The molecule has 2 nitrogen and oxygen atoms in total. The molecule has 1 aliphatic rings. The molecule has 0 unspecified atom stereocenters. The molecule has 1 aliphatic carbocycles. The van der Waals surface area contributed by atoms with Gasteiger partial charge in [0.2, 0.25) is 0 Å². The van der Waals surface area contributed by atoms with Gasteiger partial charge in [-0.05, 0) is 65.4 Å². The predicted molar refractivity (Wildman–Crippen MR) is 79.0 cm³/mol. The van der Waals surface area contributed by atoms with Gasteiger partial charge < -0.3 is 10.1 Å². The van der Waals surface area contributed by atoms with E-state index >= 15 is 0 Å². The van der Waals surface area contributed by atoms with Crippen LogP contribution in [0.5, 0.6) is 0 Å². The van der Waals surface area contributed by atoms with E-state index in [9.17, 15) is 0 Å². The zero-order valence-corrected chi connectivity index (χ0v) is 12.8. The van der Waals surface area contributed by atoms with E-state index in [0.29, 0.717) is 0 Å². The van der Waals surface area contributed by atoms with Crippen molar-refractivity contribution < 1.29 is 4.74 Å². The molecular formula is C14H19BrClNO. The topological polar surface area (TPSA) is 21.3 Å². The maximum atomic E-state index is 5.95. The molecule has 0 heterocycles. The summed E-state index contributed by atoms with van der Waals surface area (Å²) in [6.07, 6.45) is 3.80. The molecule has 2 rings (SSSR count). The van der Waals surface area contributed by atoms with E-state index in [0.717, 1.165) is 48.1 Å². The van der Waals surface area contributed by atoms with Crippen LogP contribution in [0.25, 0.3) is 0 Å². The van der Waals surface area contributed by atoms with Gasteiger partial charge in [-0.1, -0.05) is 17.7 Å². The first kappa shape index (κ1) is 14.3. The summed E-state index contributed by atoms with van der Waals surface area (Å²) in [7, 11) is 0. The third-order valence-electron chi connectivity index (χ3n) is 3.01. The van der Waals surface area contributed by atoms with Gasteiger partial charge in [-0.3, -0.25) is 0 Å². The van der Waals surface area contributed by atoms with E-state index in [1.54, 1.807) is 0 Å². The minimum absolute atomic E-state index is 0.757. The van der Waals surface area contributed by atoms with Gasteiger partial charge in [0.1, 0.15) is 0 Å². The smallest absolute Gasteiger partial charge is 0.0548 e. The lowest BCUT2D eigenvalue weighted by Crippen LogP contribution is -2.16. The average Bonchev–Trinajstić information content (AvgIpc) is 3.16. The van der Waals surface area contributed by atoms with Crippen molar-refractivity contribution in [2.45, 2.75) is 25.8 Å². The van der Waals surface area contributed by atoms with Gasteiger partial charge in [0.05, 0.1) is 5.02 Å². The Morgan fingerprint density at radius 1 is 1.39 bits per heavy atom. The zero-order chi connectivity index (χ0) is 12.8. The Labute approximate surface area is 122 Å². The molecule has 0 atom stereocenters. The molecule has 4 heteroatoms. The van der Waals surface area contributed by atoms with Gasteiger partial charge in [0.15, 0.2) is 0 Å². The van der Waals surface area contributed by atoms with E-state index in [4.69, 9.17) is 16.3 Å². The number of hydrogen-bond donors (Lipinski definition) is 1. The van der Waals surface area contributed by atoms with Crippen LogP contribution in [0.2, 0.25) is 5.02 Å². The molecule has 1 aromatic rings. The van der Waals surface area contributed by atoms with Crippen molar-refractivity contribution in [3.63, 3.8) is 0 Å². The van der Waals surface area contributed by atoms with Crippen LogP contribution >= 0.6 is 27.5 Å². The lowest BCUT2D eigenvalue weighted by Gasteiger charge is -2.06. The van der Waals surface area contributed by atoms with Crippen molar-refractivity contribution in [3.05, 3.63) is 33.3 Å². The average molecular weight is 333 g/mol. The molecule has 0 spiro atoms. The quantitative estimate of drug-likeness (QED) is 0.726. The highest BCUT2D eigenvalue weighted by Gasteiger charge is 2.20. The van der Waals surface area contributed by atoms with Crippen LogP contribution in [-0.4, -0.2) is 19.8 Å². The number of benzene rings is 1. The molecule has 1 saturated carbocycles. The van der Waals surface area contributed by atoms with Crippen LogP contribution in [0.4, 0.5) is 0 Å². The highest BCUT2D eigenvalue weighted by Crippen LogP contribution is 2.28. The molecule has 0 amide bonds. The van der Waals surface area contributed by atoms with E-state index in [1.807, 2.05) is 12.1 Å². The monoisotopic (exact) mass is 331 g/mol. The molecule has 1 fully saturated rings. The Kier molecular flexibility index (Phi) is 5.96. The molecule has 1 aromatic carbocycles. The SMILES string of the molecule is Clc1ccc(CNCCCOCC2CC2)cc1Br. The Bertz CT molecular complexity index is 382. The van der Waals surface area contributed by atoms with Gasteiger partial charge in [0, 0.05) is 24.2 Å². The molecule has 100 valence electrons.